The summed E-state index contributed by atoms with van der Waals surface area (Å²) in [4.78, 5) is 10.5. The number of aryl methyl sites for hydroxylation is 2. The molecule has 0 aliphatic rings. The lowest BCUT2D eigenvalue weighted by molar-refractivity contribution is -0.385. The maximum atomic E-state index is 11.0. The minimum absolute atomic E-state index is 0.0663. The van der Waals surface area contributed by atoms with Gasteiger partial charge in [0.2, 0.25) is 0 Å². The summed E-state index contributed by atoms with van der Waals surface area (Å²) in [6.45, 7) is 3.95. The summed E-state index contributed by atoms with van der Waals surface area (Å²) >= 11 is 0. The summed E-state index contributed by atoms with van der Waals surface area (Å²) in [7, 11) is 0. The van der Waals surface area contributed by atoms with Crippen LogP contribution >= 0.6 is 0 Å². The van der Waals surface area contributed by atoms with Crippen molar-refractivity contribution in [2.75, 3.05) is 5.32 Å². The molecule has 0 saturated carbocycles. The lowest BCUT2D eigenvalue weighted by Crippen LogP contribution is -2.03. The highest BCUT2D eigenvalue weighted by atomic mass is 16.6. The van der Waals surface area contributed by atoms with Crippen molar-refractivity contribution in [3.05, 3.63) is 57.1 Å². The van der Waals surface area contributed by atoms with E-state index >= 15 is 0 Å². The number of phenols is 2. The summed E-state index contributed by atoms with van der Waals surface area (Å²) < 4.78 is 0. The second-order valence-electron chi connectivity index (χ2n) is 4.89. The van der Waals surface area contributed by atoms with E-state index in [9.17, 15) is 20.3 Å². The third-order valence-corrected chi connectivity index (χ3v) is 3.26. The van der Waals surface area contributed by atoms with Gasteiger partial charge < -0.3 is 15.5 Å². The van der Waals surface area contributed by atoms with Crippen LogP contribution in [0.2, 0.25) is 0 Å². The molecule has 21 heavy (non-hydrogen) atoms. The SMILES string of the molecule is Cc1cc(C)c([N+](=O)[O-])cc1NCc1ccc(O)c(O)c1. The van der Waals surface area contributed by atoms with Gasteiger partial charge in [-0.05, 0) is 43.2 Å². The predicted octanol–water partition coefficient (Wildman–Crippen LogP) is 3.23. The van der Waals surface area contributed by atoms with Gasteiger partial charge in [-0.15, -0.1) is 0 Å². The maximum Gasteiger partial charge on any atom is 0.274 e. The average Bonchev–Trinajstić information content (AvgIpc) is 2.41. The zero-order valence-electron chi connectivity index (χ0n) is 11.8. The smallest absolute Gasteiger partial charge is 0.274 e. The maximum absolute atomic E-state index is 11.0. The van der Waals surface area contributed by atoms with E-state index in [-0.39, 0.29) is 17.2 Å². The average molecular weight is 288 g/mol. The van der Waals surface area contributed by atoms with Gasteiger partial charge in [0.25, 0.3) is 5.69 Å². The van der Waals surface area contributed by atoms with E-state index < -0.39 is 4.92 Å². The van der Waals surface area contributed by atoms with E-state index in [4.69, 9.17) is 0 Å². The molecule has 0 bridgehead atoms. The molecule has 3 N–H and O–H groups in total. The number of phenolic OH excluding ortho intramolecular Hbond substituents is 2. The quantitative estimate of drug-likeness (QED) is 0.456. The number of rotatable bonds is 4. The topological polar surface area (TPSA) is 95.6 Å². The first-order valence-electron chi connectivity index (χ1n) is 6.39. The minimum Gasteiger partial charge on any atom is -0.504 e. The molecule has 2 aromatic rings. The van der Waals surface area contributed by atoms with Crippen molar-refractivity contribution < 1.29 is 15.1 Å². The Labute approximate surface area is 121 Å². The van der Waals surface area contributed by atoms with Gasteiger partial charge in [0.15, 0.2) is 11.5 Å². The Hall–Kier alpha value is -2.76. The number of hydrogen-bond acceptors (Lipinski definition) is 5. The number of nitro groups is 1. The summed E-state index contributed by atoms with van der Waals surface area (Å²) in [5.41, 5.74) is 3.01. The van der Waals surface area contributed by atoms with Crippen LogP contribution in [0.5, 0.6) is 11.5 Å². The third-order valence-electron chi connectivity index (χ3n) is 3.26. The molecule has 2 rings (SSSR count). The third kappa shape index (κ3) is 3.22. The molecule has 0 radical (unpaired) electrons. The van der Waals surface area contributed by atoms with Crippen molar-refractivity contribution >= 4 is 11.4 Å². The van der Waals surface area contributed by atoms with E-state index in [2.05, 4.69) is 5.32 Å². The molecular formula is C15H16N2O4. The molecule has 6 nitrogen and oxygen atoms in total. The van der Waals surface area contributed by atoms with Gasteiger partial charge in [0.05, 0.1) is 4.92 Å². The largest absolute Gasteiger partial charge is 0.504 e. The highest BCUT2D eigenvalue weighted by molar-refractivity contribution is 5.60. The summed E-state index contributed by atoms with van der Waals surface area (Å²) in [5.74, 6) is -0.373. The summed E-state index contributed by atoms with van der Waals surface area (Å²) in [5, 5.41) is 32.8. The first-order chi connectivity index (χ1) is 9.88. The minimum atomic E-state index is -0.410. The van der Waals surface area contributed by atoms with E-state index in [1.54, 1.807) is 19.1 Å². The van der Waals surface area contributed by atoms with Crippen LogP contribution in [0.4, 0.5) is 11.4 Å². The number of benzene rings is 2. The van der Waals surface area contributed by atoms with Gasteiger partial charge >= 0.3 is 0 Å². The molecule has 2 aromatic carbocycles. The van der Waals surface area contributed by atoms with Crippen molar-refractivity contribution in [2.24, 2.45) is 0 Å². The Bertz CT molecular complexity index is 698. The molecule has 0 amide bonds. The first kappa shape index (κ1) is 14.6. The summed E-state index contributed by atoms with van der Waals surface area (Å²) in [6.07, 6.45) is 0. The van der Waals surface area contributed by atoms with Gasteiger partial charge in [-0.3, -0.25) is 10.1 Å². The van der Waals surface area contributed by atoms with E-state index in [1.165, 1.54) is 18.2 Å². The Morgan fingerprint density at radius 1 is 1.10 bits per heavy atom. The van der Waals surface area contributed by atoms with Crippen LogP contribution in [0.3, 0.4) is 0 Å². The van der Waals surface area contributed by atoms with E-state index in [0.29, 0.717) is 17.8 Å². The second kappa shape index (κ2) is 5.70. The van der Waals surface area contributed by atoms with Crippen LogP contribution in [0, 0.1) is 24.0 Å². The monoisotopic (exact) mass is 288 g/mol. The molecule has 0 fully saturated rings. The van der Waals surface area contributed by atoms with Gasteiger partial charge in [-0.2, -0.15) is 0 Å². The molecule has 0 saturated heterocycles. The summed E-state index contributed by atoms with van der Waals surface area (Å²) in [6, 6.07) is 7.77. The van der Waals surface area contributed by atoms with Crippen molar-refractivity contribution in [1.29, 1.82) is 0 Å². The number of nitrogens with one attached hydrogen (secondary N) is 1. The van der Waals surface area contributed by atoms with Crippen molar-refractivity contribution in [3.8, 4) is 11.5 Å². The van der Waals surface area contributed by atoms with Crippen LogP contribution in [-0.4, -0.2) is 15.1 Å². The fourth-order valence-corrected chi connectivity index (χ4v) is 2.10. The number of aromatic hydroxyl groups is 2. The Kier molecular flexibility index (Phi) is 3.98. The normalized spacial score (nSPS) is 10.4. The Morgan fingerprint density at radius 3 is 2.43 bits per heavy atom. The Morgan fingerprint density at radius 2 is 1.81 bits per heavy atom. The zero-order valence-corrected chi connectivity index (χ0v) is 11.8. The van der Waals surface area contributed by atoms with Gasteiger partial charge in [0, 0.05) is 23.9 Å². The van der Waals surface area contributed by atoms with Crippen LogP contribution < -0.4 is 5.32 Å². The highest BCUT2D eigenvalue weighted by Crippen LogP contribution is 2.28. The van der Waals surface area contributed by atoms with Crippen molar-refractivity contribution in [2.45, 2.75) is 20.4 Å². The molecule has 0 aliphatic heterocycles. The Balaban J connectivity index is 2.21. The molecule has 0 atom stereocenters. The second-order valence-corrected chi connectivity index (χ2v) is 4.89. The zero-order chi connectivity index (χ0) is 15.6. The fraction of sp³-hybridized carbons (Fsp3) is 0.200. The molecule has 6 heteroatoms. The molecular weight excluding hydrogens is 272 g/mol. The van der Waals surface area contributed by atoms with E-state index in [1.807, 2.05) is 6.92 Å². The molecule has 0 unspecified atom stereocenters. The van der Waals surface area contributed by atoms with Crippen LogP contribution in [-0.2, 0) is 6.54 Å². The van der Waals surface area contributed by atoms with Crippen molar-refractivity contribution in [3.63, 3.8) is 0 Å². The lowest BCUT2D eigenvalue weighted by atomic mass is 10.1. The van der Waals surface area contributed by atoms with Crippen LogP contribution in [0.25, 0.3) is 0 Å². The predicted molar refractivity (Wildman–Crippen MR) is 79.7 cm³/mol. The van der Waals surface area contributed by atoms with Gasteiger partial charge in [-0.1, -0.05) is 6.07 Å². The van der Waals surface area contributed by atoms with Crippen LogP contribution in [0.15, 0.2) is 30.3 Å². The lowest BCUT2D eigenvalue weighted by Gasteiger charge is -2.11. The number of nitrogens with zero attached hydrogens (tertiary/aromatic N) is 1. The number of anilines is 1. The molecule has 0 aromatic heterocycles. The first-order valence-corrected chi connectivity index (χ1v) is 6.39. The van der Waals surface area contributed by atoms with Crippen LogP contribution in [0.1, 0.15) is 16.7 Å². The molecule has 0 aliphatic carbocycles. The number of hydrogen-bond donors (Lipinski definition) is 3. The fourth-order valence-electron chi connectivity index (χ4n) is 2.10. The molecule has 0 heterocycles. The van der Waals surface area contributed by atoms with Gasteiger partial charge in [-0.25, -0.2) is 0 Å². The number of nitro benzene ring substituents is 1. The van der Waals surface area contributed by atoms with E-state index in [0.717, 1.165) is 11.1 Å². The van der Waals surface area contributed by atoms with Gasteiger partial charge in [0.1, 0.15) is 0 Å². The standard InChI is InChI=1S/C15H16N2O4/c1-9-5-10(2)13(17(20)21)7-12(9)16-8-11-3-4-14(18)15(19)6-11/h3-7,16,18-19H,8H2,1-2H3. The van der Waals surface area contributed by atoms with Crippen molar-refractivity contribution in [1.82, 2.24) is 0 Å². The molecule has 0 spiro atoms. The molecule has 110 valence electrons. The highest BCUT2D eigenvalue weighted by Gasteiger charge is 2.13.